The van der Waals surface area contributed by atoms with Crippen molar-refractivity contribution in [3.63, 3.8) is 0 Å². The summed E-state index contributed by atoms with van der Waals surface area (Å²) >= 11 is 3.45. The standard InChI is InChI=1S/C19H23N3OS2/c1-3-14-8-9-15(24-14)11-21-19(20-2)22-12-16(23)18-10-13-6-4-5-7-17(13)25-18/h4-10,16,23H,3,11-12H2,1-2H3,(H2,20,21,22). The molecule has 0 aliphatic carbocycles. The molecule has 0 bridgehead atoms. The molecule has 1 unspecified atom stereocenters. The van der Waals surface area contributed by atoms with Gasteiger partial charge in [-0.25, -0.2) is 0 Å². The number of rotatable bonds is 6. The van der Waals surface area contributed by atoms with E-state index in [1.165, 1.54) is 19.8 Å². The molecule has 0 saturated heterocycles. The van der Waals surface area contributed by atoms with E-state index in [-0.39, 0.29) is 0 Å². The molecule has 3 rings (SSSR count). The van der Waals surface area contributed by atoms with Crippen molar-refractivity contribution in [3.05, 3.63) is 57.1 Å². The molecule has 0 aliphatic rings. The van der Waals surface area contributed by atoms with Gasteiger partial charge in [0.15, 0.2) is 5.96 Å². The van der Waals surface area contributed by atoms with E-state index in [0.717, 1.165) is 17.8 Å². The Morgan fingerprint density at radius 3 is 2.64 bits per heavy atom. The number of thiophene rings is 2. The predicted molar refractivity (Wildman–Crippen MR) is 109 cm³/mol. The summed E-state index contributed by atoms with van der Waals surface area (Å²) in [4.78, 5) is 7.87. The number of hydrogen-bond acceptors (Lipinski definition) is 4. The van der Waals surface area contributed by atoms with Gasteiger partial charge in [-0.1, -0.05) is 25.1 Å². The average Bonchev–Trinajstić information content (AvgIpc) is 3.28. The first kappa shape index (κ1) is 17.9. The van der Waals surface area contributed by atoms with Crippen LogP contribution in [0.2, 0.25) is 0 Å². The fourth-order valence-corrected chi connectivity index (χ4v) is 4.51. The van der Waals surface area contributed by atoms with Gasteiger partial charge in [0.1, 0.15) is 6.10 Å². The summed E-state index contributed by atoms with van der Waals surface area (Å²) in [7, 11) is 1.74. The smallest absolute Gasteiger partial charge is 0.191 e. The third kappa shape index (κ3) is 4.60. The lowest BCUT2D eigenvalue weighted by molar-refractivity contribution is 0.184. The highest BCUT2D eigenvalue weighted by molar-refractivity contribution is 7.19. The second kappa shape index (κ2) is 8.47. The lowest BCUT2D eigenvalue weighted by Crippen LogP contribution is -2.38. The minimum atomic E-state index is -0.551. The summed E-state index contributed by atoms with van der Waals surface area (Å²) in [5.41, 5.74) is 0. The molecule has 1 aromatic carbocycles. The number of benzene rings is 1. The summed E-state index contributed by atoms with van der Waals surface area (Å²) < 4.78 is 1.20. The van der Waals surface area contributed by atoms with Gasteiger partial charge in [-0.05, 0) is 36.1 Å². The topological polar surface area (TPSA) is 56.7 Å². The molecule has 4 nitrogen and oxygen atoms in total. The van der Waals surface area contributed by atoms with Gasteiger partial charge in [0.2, 0.25) is 0 Å². The first-order valence-corrected chi connectivity index (χ1v) is 10.0. The number of aliphatic imine (C=N–C) groups is 1. The molecule has 132 valence electrons. The summed E-state index contributed by atoms with van der Waals surface area (Å²) in [5.74, 6) is 0.701. The minimum Gasteiger partial charge on any atom is -0.386 e. The zero-order valence-corrected chi connectivity index (χ0v) is 16.1. The Balaban J connectivity index is 1.53. The highest BCUT2D eigenvalue weighted by Crippen LogP contribution is 2.29. The molecule has 0 spiro atoms. The van der Waals surface area contributed by atoms with Crippen LogP contribution < -0.4 is 10.6 Å². The largest absolute Gasteiger partial charge is 0.386 e. The first-order chi connectivity index (χ1) is 12.2. The van der Waals surface area contributed by atoms with Gasteiger partial charge in [0, 0.05) is 32.9 Å². The lowest BCUT2D eigenvalue weighted by atomic mass is 10.2. The number of aryl methyl sites for hydroxylation is 1. The van der Waals surface area contributed by atoms with Crippen LogP contribution in [-0.2, 0) is 13.0 Å². The van der Waals surface area contributed by atoms with Crippen LogP contribution in [0.4, 0.5) is 0 Å². The normalized spacial score (nSPS) is 13.2. The molecule has 0 saturated carbocycles. The molecule has 2 heterocycles. The van der Waals surface area contributed by atoms with Crippen molar-refractivity contribution < 1.29 is 5.11 Å². The highest BCUT2D eigenvalue weighted by atomic mass is 32.1. The van der Waals surface area contributed by atoms with E-state index in [1.54, 1.807) is 18.4 Å². The number of guanidine groups is 1. The van der Waals surface area contributed by atoms with Crippen molar-refractivity contribution in [2.45, 2.75) is 26.0 Å². The summed E-state index contributed by atoms with van der Waals surface area (Å²) in [5, 5.41) is 18.1. The molecular weight excluding hydrogens is 350 g/mol. The third-order valence-electron chi connectivity index (χ3n) is 3.96. The maximum Gasteiger partial charge on any atom is 0.191 e. The average molecular weight is 374 g/mol. The Kier molecular flexibility index (Phi) is 6.07. The number of nitrogens with one attached hydrogen (secondary N) is 2. The van der Waals surface area contributed by atoms with Crippen LogP contribution in [0.1, 0.15) is 27.7 Å². The van der Waals surface area contributed by atoms with E-state index in [2.05, 4.69) is 52.9 Å². The molecule has 0 amide bonds. The highest BCUT2D eigenvalue weighted by Gasteiger charge is 2.12. The Hall–Kier alpha value is -1.89. The monoisotopic (exact) mass is 373 g/mol. The zero-order chi connectivity index (χ0) is 17.6. The van der Waals surface area contributed by atoms with Crippen molar-refractivity contribution in [3.8, 4) is 0 Å². The quantitative estimate of drug-likeness (QED) is 0.453. The molecule has 3 N–H and O–H groups in total. The Morgan fingerprint density at radius 1 is 1.12 bits per heavy atom. The second-order valence-electron chi connectivity index (χ2n) is 5.73. The number of aliphatic hydroxyl groups is 1. The minimum absolute atomic E-state index is 0.428. The maximum absolute atomic E-state index is 10.5. The fourth-order valence-electron chi connectivity index (χ4n) is 2.56. The van der Waals surface area contributed by atoms with Crippen molar-refractivity contribution >= 4 is 38.7 Å². The van der Waals surface area contributed by atoms with E-state index in [4.69, 9.17) is 0 Å². The van der Waals surface area contributed by atoms with E-state index < -0.39 is 6.10 Å². The molecule has 0 fully saturated rings. The zero-order valence-electron chi connectivity index (χ0n) is 14.5. The number of fused-ring (bicyclic) bond motifs is 1. The molecule has 0 aliphatic heterocycles. The van der Waals surface area contributed by atoms with Crippen LogP contribution in [-0.4, -0.2) is 24.7 Å². The third-order valence-corrected chi connectivity index (χ3v) is 6.40. The molecule has 6 heteroatoms. The fraction of sp³-hybridized carbons (Fsp3) is 0.316. The van der Waals surface area contributed by atoms with E-state index in [1.807, 2.05) is 23.5 Å². The van der Waals surface area contributed by atoms with Crippen molar-refractivity contribution in [1.29, 1.82) is 0 Å². The van der Waals surface area contributed by atoms with Crippen LogP contribution in [0.5, 0.6) is 0 Å². The molecule has 0 radical (unpaired) electrons. The number of aliphatic hydroxyl groups excluding tert-OH is 1. The molecule has 1 atom stereocenters. The van der Waals surface area contributed by atoms with E-state index in [9.17, 15) is 5.11 Å². The van der Waals surface area contributed by atoms with Gasteiger partial charge in [0.05, 0.1) is 6.54 Å². The van der Waals surface area contributed by atoms with Crippen LogP contribution in [0.25, 0.3) is 10.1 Å². The summed E-state index contributed by atoms with van der Waals surface area (Å²) in [6, 6.07) is 14.6. The van der Waals surface area contributed by atoms with Gasteiger partial charge in [-0.15, -0.1) is 22.7 Å². The van der Waals surface area contributed by atoms with Crippen molar-refractivity contribution in [1.82, 2.24) is 10.6 Å². The van der Waals surface area contributed by atoms with Crippen LogP contribution in [0.3, 0.4) is 0 Å². The SMILES string of the molecule is CCc1ccc(CNC(=NC)NCC(O)c2cc3ccccc3s2)s1. The van der Waals surface area contributed by atoms with Crippen LogP contribution in [0.15, 0.2) is 47.5 Å². The van der Waals surface area contributed by atoms with Gasteiger partial charge in [0.25, 0.3) is 0 Å². The first-order valence-electron chi connectivity index (χ1n) is 8.38. The maximum atomic E-state index is 10.5. The van der Waals surface area contributed by atoms with Gasteiger partial charge >= 0.3 is 0 Å². The Bertz CT molecular complexity index is 820. The molecule has 2 aromatic heterocycles. The predicted octanol–water partition coefficient (Wildman–Crippen LogP) is 3.92. The second-order valence-corrected chi connectivity index (χ2v) is 8.10. The molecule has 25 heavy (non-hydrogen) atoms. The molecule has 3 aromatic rings. The summed E-state index contributed by atoms with van der Waals surface area (Å²) in [6.45, 7) is 3.33. The van der Waals surface area contributed by atoms with E-state index in [0.29, 0.717) is 12.5 Å². The Morgan fingerprint density at radius 2 is 1.92 bits per heavy atom. The van der Waals surface area contributed by atoms with Crippen molar-refractivity contribution in [2.75, 3.05) is 13.6 Å². The van der Waals surface area contributed by atoms with Gasteiger partial charge < -0.3 is 15.7 Å². The lowest BCUT2D eigenvalue weighted by Gasteiger charge is -2.14. The number of hydrogen-bond donors (Lipinski definition) is 3. The Labute approximate surface area is 156 Å². The van der Waals surface area contributed by atoms with Crippen LogP contribution >= 0.6 is 22.7 Å². The van der Waals surface area contributed by atoms with Crippen molar-refractivity contribution in [2.24, 2.45) is 4.99 Å². The van der Waals surface area contributed by atoms with Gasteiger partial charge in [-0.3, -0.25) is 4.99 Å². The molecular formula is C19H23N3OS2. The van der Waals surface area contributed by atoms with Gasteiger partial charge in [-0.2, -0.15) is 0 Å². The number of nitrogens with zero attached hydrogens (tertiary/aromatic N) is 1. The summed E-state index contributed by atoms with van der Waals surface area (Å²) in [6.07, 6.45) is 0.517. The van der Waals surface area contributed by atoms with Crippen LogP contribution in [0, 0.1) is 0 Å². The van der Waals surface area contributed by atoms with E-state index >= 15 is 0 Å².